The number of aromatic carboxylic acids is 1. The molecule has 0 radical (unpaired) electrons. The van der Waals surface area contributed by atoms with Gasteiger partial charge < -0.3 is 15.3 Å². The van der Waals surface area contributed by atoms with Crippen LogP contribution in [0, 0.1) is 0 Å². The van der Waals surface area contributed by atoms with Gasteiger partial charge in [-0.25, -0.2) is 9.78 Å². The molecule has 0 aromatic carbocycles. The van der Waals surface area contributed by atoms with Crippen molar-refractivity contribution < 1.29 is 14.7 Å². The Morgan fingerprint density at radius 3 is 2.78 bits per heavy atom. The number of carbonyl (C=O) groups excluding carboxylic acids is 1. The summed E-state index contributed by atoms with van der Waals surface area (Å²) in [5, 5.41) is 13.7. The number of amides is 1. The lowest BCUT2D eigenvalue weighted by molar-refractivity contribution is -0.121. The van der Waals surface area contributed by atoms with Crippen LogP contribution in [0.3, 0.4) is 0 Å². The van der Waals surface area contributed by atoms with E-state index in [4.69, 9.17) is 5.11 Å². The minimum absolute atomic E-state index is 0.00119. The van der Waals surface area contributed by atoms with Crippen molar-refractivity contribution in [3.8, 4) is 0 Å². The van der Waals surface area contributed by atoms with Crippen molar-refractivity contribution in [2.45, 2.75) is 12.8 Å². The standard InChI is InChI=1S/C11H17N3O3S/c1-14(2)6-4-9(15)12-5-3-10-13-8(7-18-10)11(16)17/h7H,3-6H2,1-2H3,(H,12,15)(H,16,17). The van der Waals surface area contributed by atoms with Gasteiger partial charge in [-0.05, 0) is 14.1 Å². The lowest BCUT2D eigenvalue weighted by Gasteiger charge is -2.09. The van der Waals surface area contributed by atoms with Gasteiger partial charge in [0.25, 0.3) is 0 Å². The quantitative estimate of drug-likeness (QED) is 0.752. The molecule has 1 heterocycles. The summed E-state index contributed by atoms with van der Waals surface area (Å²) in [5.41, 5.74) is 0.0638. The highest BCUT2D eigenvalue weighted by atomic mass is 32.1. The summed E-state index contributed by atoms with van der Waals surface area (Å²) in [6.07, 6.45) is 1.02. The molecule has 1 aromatic rings. The van der Waals surface area contributed by atoms with Crippen LogP contribution in [-0.4, -0.2) is 54.1 Å². The molecule has 0 fully saturated rings. The Morgan fingerprint density at radius 1 is 1.50 bits per heavy atom. The van der Waals surface area contributed by atoms with E-state index in [1.165, 1.54) is 16.7 Å². The summed E-state index contributed by atoms with van der Waals surface area (Å²) in [4.78, 5) is 27.9. The molecule has 1 rings (SSSR count). The van der Waals surface area contributed by atoms with Crippen molar-refractivity contribution in [1.29, 1.82) is 0 Å². The molecule has 7 heteroatoms. The van der Waals surface area contributed by atoms with Gasteiger partial charge in [0.2, 0.25) is 5.91 Å². The highest BCUT2D eigenvalue weighted by Crippen LogP contribution is 2.09. The summed E-state index contributed by atoms with van der Waals surface area (Å²) >= 11 is 1.30. The van der Waals surface area contributed by atoms with Gasteiger partial charge in [-0.3, -0.25) is 4.79 Å². The number of carbonyl (C=O) groups is 2. The first-order valence-electron chi connectivity index (χ1n) is 5.58. The third kappa shape index (κ3) is 5.24. The molecule has 0 saturated carbocycles. The smallest absolute Gasteiger partial charge is 0.355 e. The maximum Gasteiger partial charge on any atom is 0.355 e. The van der Waals surface area contributed by atoms with E-state index < -0.39 is 5.97 Å². The van der Waals surface area contributed by atoms with Gasteiger partial charge in [-0.2, -0.15) is 0 Å². The second-order valence-electron chi connectivity index (χ2n) is 4.08. The minimum atomic E-state index is -1.02. The summed E-state index contributed by atoms with van der Waals surface area (Å²) in [6.45, 7) is 1.20. The number of hydrogen-bond acceptors (Lipinski definition) is 5. The predicted molar refractivity (Wildman–Crippen MR) is 69.0 cm³/mol. The normalized spacial score (nSPS) is 10.6. The molecule has 6 nitrogen and oxygen atoms in total. The Balaban J connectivity index is 2.24. The SMILES string of the molecule is CN(C)CCC(=O)NCCc1nc(C(=O)O)cs1. The Labute approximate surface area is 110 Å². The topological polar surface area (TPSA) is 82.5 Å². The lowest BCUT2D eigenvalue weighted by Crippen LogP contribution is -2.28. The number of thiazole rings is 1. The van der Waals surface area contributed by atoms with Crippen LogP contribution in [0.1, 0.15) is 21.9 Å². The molecule has 2 N–H and O–H groups in total. The molecule has 0 aliphatic rings. The first-order chi connectivity index (χ1) is 8.49. The molecular formula is C11H17N3O3S. The second kappa shape index (κ2) is 7.07. The van der Waals surface area contributed by atoms with Gasteiger partial charge in [0.15, 0.2) is 5.69 Å². The zero-order valence-electron chi connectivity index (χ0n) is 10.5. The van der Waals surface area contributed by atoms with Gasteiger partial charge in [0.05, 0.1) is 5.01 Å². The van der Waals surface area contributed by atoms with E-state index in [0.717, 1.165) is 5.01 Å². The molecule has 0 unspecified atom stereocenters. The van der Waals surface area contributed by atoms with E-state index in [2.05, 4.69) is 10.3 Å². The number of rotatable bonds is 7. The van der Waals surface area contributed by atoms with E-state index in [-0.39, 0.29) is 11.6 Å². The van der Waals surface area contributed by atoms with Gasteiger partial charge in [0, 0.05) is 31.3 Å². The predicted octanol–water partition coefficient (Wildman–Crippen LogP) is 0.452. The van der Waals surface area contributed by atoms with Crippen LogP contribution in [0.15, 0.2) is 5.38 Å². The molecule has 0 aliphatic heterocycles. The van der Waals surface area contributed by atoms with Crippen LogP contribution in [0.5, 0.6) is 0 Å². The molecule has 1 amide bonds. The number of hydrogen-bond donors (Lipinski definition) is 2. The minimum Gasteiger partial charge on any atom is -0.476 e. The second-order valence-corrected chi connectivity index (χ2v) is 5.03. The monoisotopic (exact) mass is 271 g/mol. The molecule has 0 bridgehead atoms. The van der Waals surface area contributed by atoms with Crippen molar-refractivity contribution in [2.75, 3.05) is 27.2 Å². The average Bonchev–Trinajstić information content (AvgIpc) is 2.75. The lowest BCUT2D eigenvalue weighted by atomic mass is 10.3. The zero-order chi connectivity index (χ0) is 13.5. The number of aromatic nitrogens is 1. The Hall–Kier alpha value is -1.47. The molecular weight excluding hydrogens is 254 g/mol. The number of carboxylic acid groups (broad SMARTS) is 1. The Kier molecular flexibility index (Phi) is 5.73. The van der Waals surface area contributed by atoms with Crippen molar-refractivity contribution in [1.82, 2.24) is 15.2 Å². The fourth-order valence-electron chi connectivity index (χ4n) is 1.25. The first kappa shape index (κ1) is 14.6. The fraction of sp³-hybridized carbons (Fsp3) is 0.545. The largest absolute Gasteiger partial charge is 0.476 e. The summed E-state index contributed by atoms with van der Waals surface area (Å²) in [5.74, 6) is -1.02. The number of nitrogens with zero attached hydrogens (tertiary/aromatic N) is 2. The van der Waals surface area contributed by atoms with Crippen molar-refractivity contribution in [3.63, 3.8) is 0 Å². The van der Waals surface area contributed by atoms with E-state index in [9.17, 15) is 9.59 Å². The average molecular weight is 271 g/mol. The molecule has 0 atom stereocenters. The third-order valence-corrected chi connectivity index (χ3v) is 3.13. The van der Waals surface area contributed by atoms with Crippen LogP contribution in [0.25, 0.3) is 0 Å². The molecule has 100 valence electrons. The van der Waals surface area contributed by atoms with Crippen LogP contribution >= 0.6 is 11.3 Å². The van der Waals surface area contributed by atoms with Gasteiger partial charge >= 0.3 is 5.97 Å². The molecule has 0 saturated heterocycles. The van der Waals surface area contributed by atoms with E-state index in [1.54, 1.807) is 0 Å². The van der Waals surface area contributed by atoms with Gasteiger partial charge in [0.1, 0.15) is 0 Å². The fourth-order valence-corrected chi connectivity index (χ4v) is 2.02. The summed E-state index contributed by atoms with van der Waals surface area (Å²) in [7, 11) is 3.83. The Morgan fingerprint density at radius 2 is 2.22 bits per heavy atom. The molecule has 18 heavy (non-hydrogen) atoms. The highest BCUT2D eigenvalue weighted by Gasteiger charge is 2.08. The van der Waals surface area contributed by atoms with Crippen molar-refractivity contribution in [2.24, 2.45) is 0 Å². The molecule has 0 spiro atoms. The van der Waals surface area contributed by atoms with Crippen molar-refractivity contribution >= 4 is 23.2 Å². The maximum absolute atomic E-state index is 11.4. The van der Waals surface area contributed by atoms with Gasteiger partial charge in [-0.15, -0.1) is 11.3 Å². The summed E-state index contributed by atoms with van der Waals surface area (Å²) in [6, 6.07) is 0. The maximum atomic E-state index is 11.4. The van der Waals surface area contributed by atoms with E-state index in [0.29, 0.717) is 25.9 Å². The van der Waals surface area contributed by atoms with Crippen LogP contribution in [0.4, 0.5) is 0 Å². The Bertz CT molecular complexity index is 417. The first-order valence-corrected chi connectivity index (χ1v) is 6.46. The number of nitrogens with one attached hydrogen (secondary N) is 1. The molecule has 0 aliphatic carbocycles. The third-order valence-electron chi connectivity index (χ3n) is 2.22. The van der Waals surface area contributed by atoms with Crippen LogP contribution in [-0.2, 0) is 11.2 Å². The van der Waals surface area contributed by atoms with Gasteiger partial charge in [-0.1, -0.05) is 0 Å². The zero-order valence-corrected chi connectivity index (χ0v) is 11.3. The highest BCUT2D eigenvalue weighted by molar-refractivity contribution is 7.09. The number of carboxylic acids is 1. The van der Waals surface area contributed by atoms with Crippen LogP contribution in [0.2, 0.25) is 0 Å². The molecule has 1 aromatic heterocycles. The van der Waals surface area contributed by atoms with E-state index in [1.807, 2.05) is 19.0 Å². The van der Waals surface area contributed by atoms with Crippen LogP contribution < -0.4 is 5.32 Å². The van der Waals surface area contributed by atoms with Crippen molar-refractivity contribution in [3.05, 3.63) is 16.1 Å². The summed E-state index contributed by atoms with van der Waals surface area (Å²) < 4.78 is 0. The van der Waals surface area contributed by atoms with E-state index >= 15 is 0 Å².